The van der Waals surface area contributed by atoms with E-state index in [2.05, 4.69) is 15.6 Å². The average molecular weight is 345 g/mol. The molecule has 0 saturated heterocycles. The summed E-state index contributed by atoms with van der Waals surface area (Å²) in [6, 6.07) is 13.4. The third-order valence-corrected chi connectivity index (χ3v) is 4.38. The highest BCUT2D eigenvalue weighted by Gasteiger charge is 2.09. The Bertz CT molecular complexity index is 980. The maximum atomic E-state index is 12.0. The number of benzene rings is 2. The maximum Gasteiger partial charge on any atom is 0.242 e. The van der Waals surface area contributed by atoms with Crippen molar-refractivity contribution in [2.45, 2.75) is 18.0 Å². The van der Waals surface area contributed by atoms with Crippen molar-refractivity contribution in [1.82, 2.24) is 20.3 Å². The number of nitrogens with zero attached hydrogens (tertiary/aromatic N) is 3. The fraction of sp³-hybridized carbons (Fsp3) is 0.133. The minimum atomic E-state index is -3.71. The number of hydrogen-bond donors (Lipinski definition) is 2. The molecule has 3 aromatic rings. The monoisotopic (exact) mass is 345 g/mol. The number of carbonyl (C=O) groups is 1. The molecule has 0 atom stereocenters. The number of aromatic nitrogens is 3. The molecule has 1 aromatic heterocycles. The van der Waals surface area contributed by atoms with Crippen LogP contribution in [0.2, 0.25) is 0 Å². The Kier molecular flexibility index (Phi) is 4.28. The first-order chi connectivity index (χ1) is 11.4. The predicted octanol–water partition coefficient (Wildman–Crippen LogP) is 0.395. The number of nitrogens with two attached hydrogens (primary N) is 1. The summed E-state index contributed by atoms with van der Waals surface area (Å²) in [5, 5.41) is 15.7. The van der Waals surface area contributed by atoms with Gasteiger partial charge in [0.15, 0.2) is 0 Å². The lowest BCUT2D eigenvalue weighted by molar-refractivity contribution is -0.121. The van der Waals surface area contributed by atoms with Gasteiger partial charge in [0, 0.05) is 6.54 Å². The van der Waals surface area contributed by atoms with E-state index in [1.54, 1.807) is 12.1 Å². The highest BCUT2D eigenvalue weighted by atomic mass is 32.2. The molecule has 3 N–H and O–H groups in total. The maximum absolute atomic E-state index is 12.0. The summed E-state index contributed by atoms with van der Waals surface area (Å²) >= 11 is 0. The van der Waals surface area contributed by atoms with Crippen LogP contribution in [0.15, 0.2) is 53.4 Å². The van der Waals surface area contributed by atoms with E-state index in [0.29, 0.717) is 0 Å². The fourth-order valence-electron chi connectivity index (χ4n) is 2.22. The highest BCUT2D eigenvalue weighted by molar-refractivity contribution is 7.89. The third-order valence-electron chi connectivity index (χ3n) is 3.46. The zero-order chi connectivity index (χ0) is 17.2. The molecule has 0 saturated carbocycles. The van der Waals surface area contributed by atoms with E-state index < -0.39 is 10.0 Å². The molecule has 0 bridgehead atoms. The normalized spacial score (nSPS) is 11.5. The SMILES string of the molecule is NS(=O)(=O)c1ccc(CNC(=O)Cn2nnc3ccccc32)cc1. The van der Waals surface area contributed by atoms with Crippen LogP contribution in [0.25, 0.3) is 11.0 Å². The van der Waals surface area contributed by atoms with Gasteiger partial charge in [-0.3, -0.25) is 4.79 Å². The summed E-state index contributed by atoms with van der Waals surface area (Å²) in [6.07, 6.45) is 0. The first-order valence-electron chi connectivity index (χ1n) is 7.10. The zero-order valence-corrected chi connectivity index (χ0v) is 13.4. The number of sulfonamides is 1. The largest absolute Gasteiger partial charge is 0.350 e. The number of fused-ring (bicyclic) bond motifs is 1. The summed E-state index contributed by atoms with van der Waals surface area (Å²) in [4.78, 5) is 12.1. The molecular formula is C15H15N5O3S. The van der Waals surface area contributed by atoms with Gasteiger partial charge in [0.05, 0.1) is 10.4 Å². The summed E-state index contributed by atoms with van der Waals surface area (Å²) in [7, 11) is -3.71. The number of rotatable bonds is 5. The number of carbonyl (C=O) groups excluding carboxylic acids is 1. The molecule has 24 heavy (non-hydrogen) atoms. The van der Waals surface area contributed by atoms with Crippen LogP contribution in [0.1, 0.15) is 5.56 Å². The average Bonchev–Trinajstić information content (AvgIpc) is 2.96. The molecule has 2 aromatic carbocycles. The molecule has 1 amide bonds. The van der Waals surface area contributed by atoms with Crippen molar-refractivity contribution in [2.24, 2.45) is 5.14 Å². The van der Waals surface area contributed by atoms with Crippen LogP contribution in [-0.4, -0.2) is 29.3 Å². The Labute approximate surface area is 138 Å². The standard InChI is InChI=1S/C15H15N5O3S/c16-24(22,23)12-7-5-11(6-8-12)9-17-15(21)10-20-14-4-2-1-3-13(14)18-19-20/h1-8H,9-10H2,(H,17,21)(H2,16,22,23). The lowest BCUT2D eigenvalue weighted by Gasteiger charge is -2.06. The van der Waals surface area contributed by atoms with Crippen LogP contribution < -0.4 is 10.5 Å². The second-order valence-electron chi connectivity index (χ2n) is 5.20. The van der Waals surface area contributed by atoms with Crippen molar-refractivity contribution < 1.29 is 13.2 Å². The second-order valence-corrected chi connectivity index (χ2v) is 6.76. The number of hydrogen-bond acceptors (Lipinski definition) is 5. The third kappa shape index (κ3) is 3.58. The molecule has 1 heterocycles. The van der Waals surface area contributed by atoms with Crippen LogP contribution in [0.3, 0.4) is 0 Å². The Balaban J connectivity index is 1.61. The van der Waals surface area contributed by atoms with Gasteiger partial charge in [-0.15, -0.1) is 5.10 Å². The van der Waals surface area contributed by atoms with Gasteiger partial charge in [0.2, 0.25) is 15.9 Å². The van der Waals surface area contributed by atoms with Gasteiger partial charge in [0.25, 0.3) is 0 Å². The van der Waals surface area contributed by atoms with E-state index in [9.17, 15) is 13.2 Å². The lowest BCUT2D eigenvalue weighted by Crippen LogP contribution is -2.27. The van der Waals surface area contributed by atoms with E-state index in [0.717, 1.165) is 16.6 Å². The molecule has 9 heteroatoms. The fourth-order valence-corrected chi connectivity index (χ4v) is 2.74. The van der Waals surface area contributed by atoms with Gasteiger partial charge in [-0.1, -0.05) is 29.5 Å². The van der Waals surface area contributed by atoms with Crippen LogP contribution in [-0.2, 0) is 27.9 Å². The van der Waals surface area contributed by atoms with E-state index in [-0.39, 0.29) is 23.9 Å². The Morgan fingerprint density at radius 1 is 1.12 bits per heavy atom. The van der Waals surface area contributed by atoms with Gasteiger partial charge < -0.3 is 5.32 Å². The summed E-state index contributed by atoms with van der Waals surface area (Å²) in [5.74, 6) is -0.221. The predicted molar refractivity (Wildman–Crippen MR) is 87.2 cm³/mol. The summed E-state index contributed by atoms with van der Waals surface area (Å²) < 4.78 is 23.9. The molecule has 124 valence electrons. The summed E-state index contributed by atoms with van der Waals surface area (Å²) in [6.45, 7) is 0.326. The Morgan fingerprint density at radius 2 is 1.83 bits per heavy atom. The van der Waals surface area contributed by atoms with Gasteiger partial charge >= 0.3 is 0 Å². The van der Waals surface area contributed by atoms with Crippen molar-refractivity contribution in [1.29, 1.82) is 0 Å². The molecule has 0 spiro atoms. The number of nitrogens with one attached hydrogen (secondary N) is 1. The van der Waals surface area contributed by atoms with Crippen molar-refractivity contribution in [2.75, 3.05) is 0 Å². The number of para-hydroxylation sites is 1. The topological polar surface area (TPSA) is 120 Å². The van der Waals surface area contributed by atoms with Crippen molar-refractivity contribution in [3.8, 4) is 0 Å². The minimum absolute atomic E-state index is 0.0339. The van der Waals surface area contributed by atoms with Gasteiger partial charge in [0.1, 0.15) is 12.1 Å². The molecule has 3 rings (SSSR count). The zero-order valence-electron chi connectivity index (χ0n) is 12.6. The number of primary sulfonamides is 1. The van der Waals surface area contributed by atoms with E-state index >= 15 is 0 Å². The van der Waals surface area contributed by atoms with Gasteiger partial charge in [-0.05, 0) is 29.8 Å². The molecule has 0 aliphatic carbocycles. The first kappa shape index (κ1) is 16.1. The molecule has 0 radical (unpaired) electrons. The van der Waals surface area contributed by atoms with Crippen LogP contribution in [0, 0.1) is 0 Å². The van der Waals surface area contributed by atoms with Crippen molar-refractivity contribution in [3.63, 3.8) is 0 Å². The highest BCUT2D eigenvalue weighted by Crippen LogP contribution is 2.10. The lowest BCUT2D eigenvalue weighted by atomic mass is 10.2. The molecule has 0 unspecified atom stereocenters. The van der Waals surface area contributed by atoms with Crippen molar-refractivity contribution >= 4 is 27.0 Å². The molecule has 0 aliphatic rings. The van der Waals surface area contributed by atoms with Crippen LogP contribution in [0.4, 0.5) is 0 Å². The summed E-state index contributed by atoms with van der Waals surface area (Å²) in [5.41, 5.74) is 2.27. The smallest absolute Gasteiger partial charge is 0.242 e. The number of amides is 1. The van der Waals surface area contributed by atoms with Gasteiger partial charge in [-0.25, -0.2) is 18.2 Å². The van der Waals surface area contributed by atoms with E-state index in [1.165, 1.54) is 16.8 Å². The molecule has 0 fully saturated rings. The first-order valence-corrected chi connectivity index (χ1v) is 8.65. The van der Waals surface area contributed by atoms with E-state index in [1.807, 2.05) is 24.3 Å². The molecular weight excluding hydrogens is 330 g/mol. The van der Waals surface area contributed by atoms with Gasteiger partial charge in [-0.2, -0.15) is 0 Å². The van der Waals surface area contributed by atoms with E-state index in [4.69, 9.17) is 5.14 Å². The Morgan fingerprint density at radius 3 is 2.54 bits per heavy atom. The molecule has 0 aliphatic heterocycles. The quantitative estimate of drug-likeness (QED) is 0.693. The van der Waals surface area contributed by atoms with Crippen LogP contribution in [0.5, 0.6) is 0 Å². The Hall–Kier alpha value is -2.78. The van der Waals surface area contributed by atoms with Crippen molar-refractivity contribution in [3.05, 3.63) is 54.1 Å². The second kappa shape index (κ2) is 6.38. The molecule has 8 nitrogen and oxygen atoms in total. The minimum Gasteiger partial charge on any atom is -0.350 e. The van der Waals surface area contributed by atoms with Crippen LogP contribution >= 0.6 is 0 Å².